The summed E-state index contributed by atoms with van der Waals surface area (Å²) in [7, 11) is 0. The molecule has 0 N–H and O–H groups in total. The van der Waals surface area contributed by atoms with Crippen LogP contribution in [0.1, 0.15) is 0 Å². The maximum atomic E-state index is 2.12. The highest BCUT2D eigenvalue weighted by molar-refractivity contribution is 7.07. The summed E-state index contributed by atoms with van der Waals surface area (Å²) < 4.78 is 0. The summed E-state index contributed by atoms with van der Waals surface area (Å²) in [5, 5.41) is 6.70. The second-order valence-electron chi connectivity index (χ2n) is 3.14. The lowest BCUT2D eigenvalue weighted by Crippen LogP contribution is -1.67. The maximum absolute atomic E-state index is 2.12. The number of fused-ring (bicyclic) bond motifs is 1. The summed E-state index contributed by atoms with van der Waals surface area (Å²) in [6.07, 6.45) is 0. The number of hydrogen-bond acceptors (Lipinski definition) is 1. The number of benzene rings is 2. The topological polar surface area (TPSA) is 0 Å². The number of thiophene rings is 1. The molecule has 3 rings (SSSR count). The fraction of sp³-hybridized carbons (Fsp3) is 0. The van der Waals surface area contributed by atoms with Gasteiger partial charge in [-0.3, -0.25) is 0 Å². The van der Waals surface area contributed by atoms with Gasteiger partial charge in [0.05, 0.1) is 0 Å². The largest absolute Gasteiger partial charge is 0.152 e. The molecule has 74 valence electrons. The van der Waals surface area contributed by atoms with Crippen molar-refractivity contribution < 1.29 is 0 Å². The van der Waals surface area contributed by atoms with E-state index < -0.39 is 0 Å². The molecule has 0 bridgehead atoms. The Morgan fingerprint density at radius 2 is 0.933 bits per heavy atom. The Labute approximate surface area is 93.8 Å². The average molecular weight is 212 g/mol. The van der Waals surface area contributed by atoms with Crippen molar-refractivity contribution in [1.29, 1.82) is 0 Å². The molecule has 0 atom stereocenters. The van der Waals surface area contributed by atoms with Crippen molar-refractivity contribution in [3.63, 3.8) is 0 Å². The monoisotopic (exact) mass is 212 g/mol. The van der Waals surface area contributed by atoms with Crippen LogP contribution in [-0.4, -0.2) is 0 Å². The van der Waals surface area contributed by atoms with Crippen LogP contribution in [0.15, 0.2) is 71.4 Å². The molecule has 0 fully saturated rings. The van der Waals surface area contributed by atoms with Gasteiger partial charge in [-0.15, -0.1) is 0 Å². The van der Waals surface area contributed by atoms with Crippen molar-refractivity contribution in [3.05, 3.63) is 71.4 Å². The lowest BCUT2D eigenvalue weighted by Gasteiger charge is -1.92. The van der Waals surface area contributed by atoms with E-state index in [4.69, 9.17) is 0 Å². The van der Waals surface area contributed by atoms with Gasteiger partial charge in [0.15, 0.2) is 0 Å². The van der Waals surface area contributed by atoms with Gasteiger partial charge in [0, 0.05) is 0 Å². The molecule has 1 heteroatoms. The van der Waals surface area contributed by atoms with Crippen molar-refractivity contribution in [3.8, 4) is 0 Å². The van der Waals surface area contributed by atoms with Crippen LogP contribution in [-0.2, 0) is 0 Å². The standard InChI is InChI=1S/C10H8.C4H4S/c1-2-6-10-8-4-3-7-9(10)5-1;1-2-4-5-3-1/h1-8H;1-4H. The Kier molecular flexibility index (Phi) is 3.53. The van der Waals surface area contributed by atoms with Crippen LogP contribution in [0.4, 0.5) is 0 Å². The molecule has 0 unspecified atom stereocenters. The third-order valence-electron chi connectivity index (χ3n) is 2.08. The first-order valence-corrected chi connectivity index (χ1v) is 5.82. The van der Waals surface area contributed by atoms with Crippen LogP contribution in [0, 0.1) is 0 Å². The smallest absolute Gasteiger partial charge is 0.00934 e. The molecular weight excluding hydrogens is 200 g/mol. The van der Waals surface area contributed by atoms with E-state index in [0.29, 0.717) is 0 Å². The molecule has 0 aliphatic rings. The van der Waals surface area contributed by atoms with E-state index in [2.05, 4.69) is 48.5 Å². The second kappa shape index (κ2) is 5.32. The Hall–Kier alpha value is -1.60. The molecule has 0 spiro atoms. The molecule has 3 aromatic rings. The predicted octanol–water partition coefficient (Wildman–Crippen LogP) is 4.59. The van der Waals surface area contributed by atoms with Crippen molar-refractivity contribution in [2.75, 3.05) is 0 Å². The Morgan fingerprint density at radius 1 is 0.533 bits per heavy atom. The van der Waals surface area contributed by atoms with E-state index in [1.807, 2.05) is 22.9 Å². The van der Waals surface area contributed by atoms with Crippen LogP contribution in [0.25, 0.3) is 10.8 Å². The van der Waals surface area contributed by atoms with Crippen LogP contribution in [0.5, 0.6) is 0 Å². The van der Waals surface area contributed by atoms with Crippen molar-refractivity contribution in [2.24, 2.45) is 0 Å². The van der Waals surface area contributed by atoms with Crippen LogP contribution in [0.2, 0.25) is 0 Å². The summed E-state index contributed by atoms with van der Waals surface area (Å²) >= 11 is 1.71. The normalized spacial score (nSPS) is 9.33. The van der Waals surface area contributed by atoms with E-state index in [9.17, 15) is 0 Å². The lowest BCUT2D eigenvalue weighted by atomic mass is 10.1. The fourth-order valence-corrected chi connectivity index (χ4v) is 1.81. The Balaban J connectivity index is 0.000000144. The first-order chi connectivity index (χ1) is 7.47. The molecule has 0 radical (unpaired) electrons. The number of hydrogen-bond donors (Lipinski definition) is 0. The minimum Gasteiger partial charge on any atom is -0.152 e. The van der Waals surface area contributed by atoms with Crippen LogP contribution in [0.3, 0.4) is 0 Å². The van der Waals surface area contributed by atoms with Gasteiger partial charge in [0.25, 0.3) is 0 Å². The van der Waals surface area contributed by atoms with Crippen LogP contribution >= 0.6 is 11.3 Å². The van der Waals surface area contributed by atoms with E-state index in [0.717, 1.165) is 0 Å². The summed E-state index contributed by atoms with van der Waals surface area (Å²) in [5.41, 5.74) is 0. The van der Waals surface area contributed by atoms with Gasteiger partial charge in [-0.2, -0.15) is 11.3 Å². The zero-order chi connectivity index (χ0) is 10.3. The highest BCUT2D eigenvalue weighted by Gasteiger charge is 1.85. The van der Waals surface area contributed by atoms with Crippen molar-refractivity contribution >= 4 is 22.1 Å². The van der Waals surface area contributed by atoms with Gasteiger partial charge in [-0.05, 0) is 21.5 Å². The third kappa shape index (κ3) is 2.93. The van der Waals surface area contributed by atoms with Crippen LogP contribution < -0.4 is 0 Å². The summed E-state index contributed by atoms with van der Waals surface area (Å²) in [5.74, 6) is 0. The third-order valence-corrected chi connectivity index (χ3v) is 2.71. The Bertz CT molecular complexity index is 415. The molecule has 1 aromatic heterocycles. The highest BCUT2D eigenvalue weighted by atomic mass is 32.1. The zero-order valence-corrected chi connectivity index (χ0v) is 9.15. The molecule has 15 heavy (non-hydrogen) atoms. The predicted molar refractivity (Wildman–Crippen MR) is 68.3 cm³/mol. The number of rotatable bonds is 0. The van der Waals surface area contributed by atoms with E-state index in [1.165, 1.54) is 10.8 Å². The summed E-state index contributed by atoms with van der Waals surface area (Å²) in [4.78, 5) is 0. The van der Waals surface area contributed by atoms with Gasteiger partial charge in [0.2, 0.25) is 0 Å². The van der Waals surface area contributed by atoms with Gasteiger partial charge in [-0.25, -0.2) is 0 Å². The molecule has 0 saturated carbocycles. The van der Waals surface area contributed by atoms with E-state index >= 15 is 0 Å². The van der Waals surface area contributed by atoms with Gasteiger partial charge < -0.3 is 0 Å². The Morgan fingerprint density at radius 3 is 1.20 bits per heavy atom. The van der Waals surface area contributed by atoms with E-state index in [-0.39, 0.29) is 0 Å². The molecule has 0 aliphatic heterocycles. The maximum Gasteiger partial charge on any atom is -0.00934 e. The highest BCUT2D eigenvalue weighted by Crippen LogP contribution is 2.11. The fourth-order valence-electron chi connectivity index (χ4n) is 1.36. The van der Waals surface area contributed by atoms with E-state index in [1.54, 1.807) is 11.3 Å². The minimum atomic E-state index is 1.31. The molecule has 0 aliphatic carbocycles. The molecule has 0 amide bonds. The summed E-state index contributed by atoms with van der Waals surface area (Å²) in [6.45, 7) is 0. The lowest BCUT2D eigenvalue weighted by molar-refractivity contribution is 1.75. The summed E-state index contributed by atoms with van der Waals surface area (Å²) in [6, 6.07) is 20.8. The van der Waals surface area contributed by atoms with Crippen molar-refractivity contribution in [2.45, 2.75) is 0 Å². The molecule has 2 aromatic carbocycles. The van der Waals surface area contributed by atoms with Gasteiger partial charge in [0.1, 0.15) is 0 Å². The quantitative estimate of drug-likeness (QED) is 0.511. The molecular formula is C14H12S. The first-order valence-electron chi connectivity index (χ1n) is 4.88. The van der Waals surface area contributed by atoms with Gasteiger partial charge >= 0.3 is 0 Å². The molecule has 1 heterocycles. The zero-order valence-electron chi connectivity index (χ0n) is 8.34. The second-order valence-corrected chi connectivity index (χ2v) is 3.96. The SMILES string of the molecule is c1ccc2ccccc2c1.c1ccsc1. The minimum absolute atomic E-state index is 1.31. The molecule has 0 saturated heterocycles. The molecule has 0 nitrogen and oxygen atoms in total. The van der Waals surface area contributed by atoms with Crippen molar-refractivity contribution in [1.82, 2.24) is 0 Å². The van der Waals surface area contributed by atoms with Gasteiger partial charge in [-0.1, -0.05) is 60.7 Å². The average Bonchev–Trinajstić information content (AvgIpc) is 2.88. The first kappa shape index (κ1) is 9.94.